The molecule has 0 aliphatic carbocycles. The predicted molar refractivity (Wildman–Crippen MR) is 76.8 cm³/mol. The number of halogens is 1. The van der Waals surface area contributed by atoms with Crippen LogP contribution in [0.4, 0.5) is 10.1 Å². The van der Waals surface area contributed by atoms with Gasteiger partial charge in [0.1, 0.15) is 11.4 Å². The van der Waals surface area contributed by atoms with Crippen LogP contribution in [0.5, 0.6) is 0 Å². The molecule has 1 N–H and O–H groups in total. The Bertz CT molecular complexity index is 824. The fourth-order valence-corrected chi connectivity index (χ4v) is 2.16. The van der Waals surface area contributed by atoms with Crippen molar-refractivity contribution in [2.45, 2.75) is 13.8 Å². The molecule has 0 unspecified atom stereocenters. The van der Waals surface area contributed by atoms with Crippen molar-refractivity contribution in [1.29, 1.82) is 0 Å². The van der Waals surface area contributed by atoms with E-state index in [1.54, 1.807) is 4.52 Å². The Kier molecular flexibility index (Phi) is 3.13. The molecule has 2 heterocycles. The summed E-state index contributed by atoms with van der Waals surface area (Å²) in [6, 6.07) is 7.48. The van der Waals surface area contributed by atoms with Gasteiger partial charge in [-0.05, 0) is 44.2 Å². The van der Waals surface area contributed by atoms with E-state index in [9.17, 15) is 9.18 Å². The summed E-state index contributed by atoms with van der Waals surface area (Å²) in [5.74, 6) is -0.675. The van der Waals surface area contributed by atoms with Crippen molar-refractivity contribution >= 4 is 17.2 Å². The van der Waals surface area contributed by atoms with E-state index in [4.69, 9.17) is 0 Å². The van der Waals surface area contributed by atoms with Crippen molar-refractivity contribution in [2.24, 2.45) is 0 Å². The minimum Gasteiger partial charge on any atom is -0.322 e. The number of aryl methyl sites for hydroxylation is 2. The number of carbonyl (C=O) groups is 1. The number of amides is 1. The van der Waals surface area contributed by atoms with E-state index in [2.05, 4.69) is 15.4 Å². The number of anilines is 1. The number of rotatable bonds is 2. The number of fused-ring (bicyclic) bond motifs is 1. The van der Waals surface area contributed by atoms with Gasteiger partial charge >= 0.3 is 0 Å². The molecule has 5 nitrogen and oxygen atoms in total. The van der Waals surface area contributed by atoms with Gasteiger partial charge in [0, 0.05) is 17.1 Å². The quantitative estimate of drug-likeness (QED) is 0.787. The maximum absolute atomic E-state index is 12.9. The third-order valence-corrected chi connectivity index (χ3v) is 3.12. The van der Waals surface area contributed by atoms with Gasteiger partial charge in [0.05, 0.1) is 6.20 Å². The van der Waals surface area contributed by atoms with Gasteiger partial charge in [0.15, 0.2) is 5.65 Å². The third-order valence-electron chi connectivity index (χ3n) is 3.12. The molecule has 0 bridgehead atoms. The molecule has 0 saturated carbocycles. The molecule has 3 rings (SSSR count). The summed E-state index contributed by atoms with van der Waals surface area (Å²) in [7, 11) is 0. The minimum absolute atomic E-state index is 0.325. The number of carbonyl (C=O) groups excluding carboxylic acids is 1. The highest BCUT2D eigenvalue weighted by Crippen LogP contribution is 2.15. The molecule has 3 aromatic rings. The molecule has 0 fully saturated rings. The molecule has 106 valence electrons. The van der Waals surface area contributed by atoms with Crippen LogP contribution in [0.1, 0.15) is 21.7 Å². The van der Waals surface area contributed by atoms with Crippen molar-refractivity contribution in [2.75, 3.05) is 5.32 Å². The van der Waals surface area contributed by atoms with Crippen LogP contribution in [0.3, 0.4) is 0 Å². The lowest BCUT2D eigenvalue weighted by molar-refractivity contribution is 0.102. The summed E-state index contributed by atoms with van der Waals surface area (Å²) in [6.45, 7) is 3.76. The molecule has 0 saturated heterocycles. The van der Waals surface area contributed by atoms with Gasteiger partial charge in [-0.15, -0.1) is 0 Å². The zero-order valence-corrected chi connectivity index (χ0v) is 11.6. The predicted octanol–water partition coefficient (Wildman–Crippen LogP) is 2.74. The van der Waals surface area contributed by atoms with Crippen LogP contribution in [0.25, 0.3) is 5.65 Å². The molecule has 1 amide bonds. The minimum atomic E-state index is -0.350. The van der Waals surface area contributed by atoms with Gasteiger partial charge in [-0.2, -0.15) is 5.10 Å². The van der Waals surface area contributed by atoms with Crippen LogP contribution in [0, 0.1) is 19.7 Å². The highest BCUT2D eigenvalue weighted by molar-refractivity contribution is 6.08. The SMILES string of the molecule is Cc1cc(C)n2ncc(C(=O)Nc3ccc(F)cc3)c2n1. The second-order valence-corrected chi connectivity index (χ2v) is 4.79. The van der Waals surface area contributed by atoms with Crippen molar-refractivity contribution in [3.05, 3.63) is 59.3 Å². The van der Waals surface area contributed by atoms with Gasteiger partial charge in [0.2, 0.25) is 0 Å². The van der Waals surface area contributed by atoms with Crippen LogP contribution >= 0.6 is 0 Å². The molecular weight excluding hydrogens is 271 g/mol. The highest BCUT2D eigenvalue weighted by atomic mass is 19.1. The molecule has 0 atom stereocenters. The lowest BCUT2D eigenvalue weighted by Crippen LogP contribution is -2.12. The molecular formula is C15H13FN4O. The Balaban J connectivity index is 1.96. The molecule has 0 spiro atoms. The smallest absolute Gasteiger partial charge is 0.261 e. The van der Waals surface area contributed by atoms with Gasteiger partial charge in [-0.1, -0.05) is 0 Å². The van der Waals surface area contributed by atoms with Gasteiger partial charge in [0.25, 0.3) is 5.91 Å². The summed E-state index contributed by atoms with van der Waals surface area (Å²) in [6.07, 6.45) is 1.48. The number of aromatic nitrogens is 3. The Morgan fingerprint density at radius 1 is 1.24 bits per heavy atom. The Morgan fingerprint density at radius 3 is 2.67 bits per heavy atom. The van der Waals surface area contributed by atoms with E-state index in [0.29, 0.717) is 16.9 Å². The van der Waals surface area contributed by atoms with Gasteiger partial charge in [-0.3, -0.25) is 4.79 Å². The number of nitrogens with zero attached hydrogens (tertiary/aromatic N) is 3. The first-order chi connectivity index (χ1) is 10.0. The second-order valence-electron chi connectivity index (χ2n) is 4.79. The number of hydrogen-bond donors (Lipinski definition) is 1. The normalized spacial score (nSPS) is 10.8. The Hall–Kier alpha value is -2.76. The van der Waals surface area contributed by atoms with Crippen molar-refractivity contribution < 1.29 is 9.18 Å². The molecule has 2 aromatic heterocycles. The number of nitrogens with one attached hydrogen (secondary N) is 1. The molecule has 21 heavy (non-hydrogen) atoms. The molecule has 6 heteroatoms. The maximum Gasteiger partial charge on any atom is 0.261 e. The summed E-state index contributed by atoms with van der Waals surface area (Å²) in [5, 5.41) is 6.87. The molecule has 1 aromatic carbocycles. The average Bonchev–Trinajstić information content (AvgIpc) is 2.85. The van der Waals surface area contributed by atoms with Crippen LogP contribution in [-0.4, -0.2) is 20.5 Å². The standard InChI is InChI=1S/C15H13FN4O/c1-9-7-10(2)20-14(18-9)13(8-17-20)15(21)19-12-5-3-11(16)4-6-12/h3-8H,1-2H3,(H,19,21). The summed E-state index contributed by atoms with van der Waals surface area (Å²) >= 11 is 0. The maximum atomic E-state index is 12.9. The lowest BCUT2D eigenvalue weighted by atomic mass is 10.2. The van der Waals surface area contributed by atoms with E-state index in [1.807, 2.05) is 19.9 Å². The Labute approximate surface area is 120 Å². The van der Waals surface area contributed by atoms with Crippen LogP contribution in [-0.2, 0) is 0 Å². The van der Waals surface area contributed by atoms with E-state index in [1.165, 1.54) is 30.5 Å². The number of hydrogen-bond acceptors (Lipinski definition) is 3. The van der Waals surface area contributed by atoms with E-state index >= 15 is 0 Å². The van der Waals surface area contributed by atoms with E-state index < -0.39 is 0 Å². The van der Waals surface area contributed by atoms with Crippen molar-refractivity contribution in [3.63, 3.8) is 0 Å². The zero-order chi connectivity index (χ0) is 15.0. The molecule has 0 radical (unpaired) electrons. The van der Waals surface area contributed by atoms with E-state index in [-0.39, 0.29) is 11.7 Å². The van der Waals surface area contributed by atoms with Gasteiger partial charge in [-0.25, -0.2) is 13.9 Å². The molecule has 0 aliphatic heterocycles. The first-order valence-electron chi connectivity index (χ1n) is 6.43. The zero-order valence-electron chi connectivity index (χ0n) is 11.6. The van der Waals surface area contributed by atoms with Crippen LogP contribution in [0.15, 0.2) is 36.5 Å². The summed E-state index contributed by atoms with van der Waals surface area (Å²) in [5.41, 5.74) is 3.12. The Morgan fingerprint density at radius 2 is 1.95 bits per heavy atom. The topological polar surface area (TPSA) is 59.3 Å². The molecule has 0 aliphatic rings. The van der Waals surface area contributed by atoms with Gasteiger partial charge < -0.3 is 5.32 Å². The van der Waals surface area contributed by atoms with Crippen molar-refractivity contribution in [3.8, 4) is 0 Å². The highest BCUT2D eigenvalue weighted by Gasteiger charge is 2.15. The third kappa shape index (κ3) is 2.47. The van der Waals surface area contributed by atoms with Crippen LogP contribution < -0.4 is 5.32 Å². The van der Waals surface area contributed by atoms with E-state index in [0.717, 1.165) is 11.4 Å². The second kappa shape index (κ2) is 4.97. The number of benzene rings is 1. The first-order valence-corrected chi connectivity index (χ1v) is 6.43. The summed E-state index contributed by atoms with van der Waals surface area (Å²) < 4.78 is 14.5. The average molecular weight is 284 g/mol. The fraction of sp³-hybridized carbons (Fsp3) is 0.133. The summed E-state index contributed by atoms with van der Waals surface area (Å²) in [4.78, 5) is 16.7. The van der Waals surface area contributed by atoms with Crippen LogP contribution in [0.2, 0.25) is 0 Å². The largest absolute Gasteiger partial charge is 0.322 e. The fourth-order valence-electron chi connectivity index (χ4n) is 2.16. The lowest BCUT2D eigenvalue weighted by Gasteiger charge is -2.05. The first kappa shape index (κ1) is 13.2. The van der Waals surface area contributed by atoms with Crippen molar-refractivity contribution in [1.82, 2.24) is 14.6 Å². The monoisotopic (exact) mass is 284 g/mol.